The van der Waals surface area contributed by atoms with E-state index in [1.165, 1.54) is 0 Å². The van der Waals surface area contributed by atoms with Crippen LogP contribution in [-0.4, -0.2) is 39.2 Å². The smallest absolute Gasteiger partial charge is 0.306 e. The molecule has 0 radical (unpaired) electrons. The fraction of sp³-hybridized carbons (Fsp3) is 0.857. The summed E-state index contributed by atoms with van der Waals surface area (Å²) in [6, 6.07) is 0. The maximum Gasteiger partial charge on any atom is 0.306 e. The molecular weight excluding hydrogens is 230 g/mol. The summed E-state index contributed by atoms with van der Waals surface area (Å²) in [7, 11) is -3.39. The van der Waals surface area contributed by atoms with Crippen LogP contribution < -0.4 is 4.72 Å². The molecule has 0 aliphatic carbocycles. The molecule has 0 spiro atoms. The number of halogens is 1. The van der Waals surface area contributed by atoms with Crippen LogP contribution in [0.25, 0.3) is 0 Å². The van der Waals surface area contributed by atoms with Crippen LogP contribution in [-0.2, 0) is 19.6 Å². The molecule has 1 N–H and O–H groups in total. The van der Waals surface area contributed by atoms with E-state index in [9.17, 15) is 13.2 Å². The van der Waals surface area contributed by atoms with Crippen molar-refractivity contribution < 1.29 is 17.9 Å². The Labute approximate surface area is 88.8 Å². The summed E-state index contributed by atoms with van der Waals surface area (Å²) in [5.74, 6) is -0.565. The molecule has 0 rings (SSSR count). The topological polar surface area (TPSA) is 72.5 Å². The van der Waals surface area contributed by atoms with Gasteiger partial charge in [-0.3, -0.25) is 4.79 Å². The quantitative estimate of drug-likeness (QED) is 0.508. The van der Waals surface area contributed by atoms with Gasteiger partial charge in [-0.2, -0.15) is 0 Å². The van der Waals surface area contributed by atoms with Crippen molar-refractivity contribution in [2.45, 2.75) is 13.3 Å². The average molecular weight is 244 g/mol. The van der Waals surface area contributed by atoms with Gasteiger partial charge >= 0.3 is 5.97 Å². The molecule has 0 aromatic rings. The van der Waals surface area contributed by atoms with Gasteiger partial charge in [-0.25, -0.2) is 13.1 Å². The first-order valence-electron chi connectivity index (χ1n) is 4.20. The van der Waals surface area contributed by atoms with Gasteiger partial charge in [0.2, 0.25) is 10.0 Å². The predicted octanol–water partition coefficient (Wildman–Crippen LogP) is 0.0978. The first kappa shape index (κ1) is 13.7. The molecule has 0 aromatic heterocycles. The molecular formula is C7H14ClNO4S. The highest BCUT2D eigenvalue weighted by atomic mass is 35.5. The Kier molecular flexibility index (Phi) is 6.86. The summed E-state index contributed by atoms with van der Waals surface area (Å²) < 4.78 is 29.1. The van der Waals surface area contributed by atoms with Crippen molar-refractivity contribution in [2.75, 3.05) is 24.8 Å². The Morgan fingerprint density at radius 3 is 2.64 bits per heavy atom. The van der Waals surface area contributed by atoms with Gasteiger partial charge in [-0.1, -0.05) is 0 Å². The van der Waals surface area contributed by atoms with Gasteiger partial charge in [0.1, 0.15) is 0 Å². The predicted molar refractivity (Wildman–Crippen MR) is 53.8 cm³/mol. The number of carbonyl (C=O) groups is 1. The normalized spacial score (nSPS) is 11.3. The van der Waals surface area contributed by atoms with Crippen LogP contribution in [0.5, 0.6) is 0 Å². The van der Waals surface area contributed by atoms with Crippen LogP contribution >= 0.6 is 11.6 Å². The number of carbonyl (C=O) groups excluding carboxylic acids is 1. The van der Waals surface area contributed by atoms with Crippen LogP contribution in [0.15, 0.2) is 0 Å². The molecule has 0 saturated carbocycles. The third kappa shape index (κ3) is 7.11. The zero-order chi connectivity index (χ0) is 11.0. The van der Waals surface area contributed by atoms with Gasteiger partial charge in [-0.05, 0) is 6.92 Å². The molecule has 0 saturated heterocycles. The highest BCUT2D eigenvalue weighted by molar-refractivity contribution is 7.89. The molecule has 0 aromatic carbocycles. The first-order chi connectivity index (χ1) is 6.52. The third-order valence-corrected chi connectivity index (χ3v) is 2.87. The van der Waals surface area contributed by atoms with E-state index in [1.54, 1.807) is 6.92 Å². The Morgan fingerprint density at radius 1 is 1.50 bits per heavy atom. The minimum absolute atomic E-state index is 0.133. The zero-order valence-corrected chi connectivity index (χ0v) is 9.53. The van der Waals surface area contributed by atoms with E-state index in [0.717, 1.165) is 0 Å². The molecule has 0 aliphatic heterocycles. The second kappa shape index (κ2) is 7.03. The Hall–Kier alpha value is -0.330. The summed E-state index contributed by atoms with van der Waals surface area (Å²) >= 11 is 5.30. The van der Waals surface area contributed by atoms with Gasteiger partial charge in [-0.15, -0.1) is 11.6 Å². The van der Waals surface area contributed by atoms with Crippen molar-refractivity contribution in [3.8, 4) is 0 Å². The molecule has 0 fully saturated rings. The van der Waals surface area contributed by atoms with E-state index in [2.05, 4.69) is 9.46 Å². The van der Waals surface area contributed by atoms with E-state index >= 15 is 0 Å². The molecule has 5 nitrogen and oxygen atoms in total. The van der Waals surface area contributed by atoms with Gasteiger partial charge in [0.15, 0.2) is 0 Å². The van der Waals surface area contributed by atoms with Crippen molar-refractivity contribution in [3.05, 3.63) is 0 Å². The van der Waals surface area contributed by atoms with Gasteiger partial charge in [0.25, 0.3) is 0 Å². The molecule has 14 heavy (non-hydrogen) atoms. The zero-order valence-electron chi connectivity index (χ0n) is 7.95. The number of nitrogens with one attached hydrogen (secondary N) is 1. The van der Waals surface area contributed by atoms with Crippen molar-refractivity contribution in [1.82, 2.24) is 4.72 Å². The fourth-order valence-electron chi connectivity index (χ4n) is 0.717. The lowest BCUT2D eigenvalue weighted by Gasteiger charge is -2.04. The van der Waals surface area contributed by atoms with Crippen LogP contribution in [0.1, 0.15) is 13.3 Å². The van der Waals surface area contributed by atoms with Crippen molar-refractivity contribution >= 4 is 27.6 Å². The van der Waals surface area contributed by atoms with Gasteiger partial charge in [0, 0.05) is 12.4 Å². The van der Waals surface area contributed by atoms with E-state index < -0.39 is 16.0 Å². The van der Waals surface area contributed by atoms with E-state index in [1.807, 2.05) is 0 Å². The Morgan fingerprint density at radius 2 is 2.14 bits per heavy atom. The highest BCUT2D eigenvalue weighted by Crippen LogP contribution is 1.92. The van der Waals surface area contributed by atoms with Gasteiger partial charge in [0.05, 0.1) is 18.8 Å². The van der Waals surface area contributed by atoms with Crippen molar-refractivity contribution in [2.24, 2.45) is 0 Å². The monoisotopic (exact) mass is 243 g/mol. The number of esters is 1. The summed E-state index contributed by atoms with van der Waals surface area (Å²) in [5, 5.41) is 0. The second-order valence-electron chi connectivity index (χ2n) is 2.46. The number of sulfonamides is 1. The number of hydrogen-bond donors (Lipinski definition) is 1. The van der Waals surface area contributed by atoms with Crippen molar-refractivity contribution in [3.63, 3.8) is 0 Å². The van der Waals surface area contributed by atoms with Crippen molar-refractivity contribution in [1.29, 1.82) is 0 Å². The summed E-state index contributed by atoms with van der Waals surface area (Å²) in [5.41, 5.74) is 0. The van der Waals surface area contributed by atoms with Gasteiger partial charge < -0.3 is 4.74 Å². The summed E-state index contributed by atoms with van der Waals surface area (Å²) in [6.45, 7) is 2.10. The lowest BCUT2D eigenvalue weighted by molar-refractivity contribution is -0.142. The van der Waals surface area contributed by atoms with E-state index in [4.69, 9.17) is 11.6 Å². The lowest BCUT2D eigenvalue weighted by Crippen LogP contribution is -2.29. The lowest BCUT2D eigenvalue weighted by atomic mass is 10.5. The fourth-order valence-corrected chi connectivity index (χ4v) is 1.92. The minimum Gasteiger partial charge on any atom is -0.466 e. The SMILES string of the molecule is CCOC(=O)CCS(=O)(=O)NCCCl. The summed E-state index contributed by atoms with van der Waals surface area (Å²) in [6.07, 6.45) is -0.133. The number of ether oxygens (including phenoxy) is 1. The van der Waals surface area contributed by atoms with E-state index in [-0.39, 0.29) is 31.2 Å². The molecule has 0 heterocycles. The number of rotatable bonds is 7. The Bertz CT molecular complexity index is 265. The maximum atomic E-state index is 11.1. The summed E-state index contributed by atoms with van der Waals surface area (Å²) in [4.78, 5) is 10.8. The molecule has 84 valence electrons. The maximum absolute atomic E-state index is 11.1. The number of alkyl halides is 1. The number of hydrogen-bond acceptors (Lipinski definition) is 4. The van der Waals surface area contributed by atoms with Crippen LogP contribution in [0.2, 0.25) is 0 Å². The van der Waals surface area contributed by atoms with Crippen LogP contribution in [0.3, 0.4) is 0 Å². The second-order valence-corrected chi connectivity index (χ2v) is 4.76. The largest absolute Gasteiger partial charge is 0.466 e. The Balaban J connectivity index is 3.81. The van der Waals surface area contributed by atoms with Crippen LogP contribution in [0.4, 0.5) is 0 Å². The molecule has 0 amide bonds. The molecule has 0 aliphatic rings. The first-order valence-corrected chi connectivity index (χ1v) is 6.39. The highest BCUT2D eigenvalue weighted by Gasteiger charge is 2.12. The third-order valence-electron chi connectivity index (χ3n) is 1.30. The molecule has 0 unspecified atom stereocenters. The average Bonchev–Trinajstić information content (AvgIpc) is 2.13. The minimum atomic E-state index is -3.39. The van der Waals surface area contributed by atoms with E-state index in [0.29, 0.717) is 0 Å². The van der Waals surface area contributed by atoms with Crippen LogP contribution in [0, 0.1) is 0 Å². The molecule has 7 heteroatoms. The molecule has 0 bridgehead atoms. The standard InChI is InChI=1S/C7H14ClNO4S/c1-2-13-7(10)3-6-14(11,12)9-5-4-8/h9H,2-6H2,1H3. The molecule has 0 atom stereocenters.